The van der Waals surface area contributed by atoms with Gasteiger partial charge in [-0.3, -0.25) is 14.3 Å². The Labute approximate surface area is 193 Å². The summed E-state index contributed by atoms with van der Waals surface area (Å²) in [6.45, 7) is 4.85. The molecule has 7 nitrogen and oxygen atoms in total. The predicted molar refractivity (Wildman–Crippen MR) is 131 cm³/mol. The van der Waals surface area contributed by atoms with Crippen molar-refractivity contribution in [3.63, 3.8) is 0 Å². The molecule has 32 heavy (non-hydrogen) atoms. The van der Waals surface area contributed by atoms with Crippen LogP contribution in [0.15, 0.2) is 59.8 Å². The SMILES string of the molecule is CC(Sc1nnc(CN2CCCC2)n1-c1ccccc1)C(=O)Nc1ccc(N(C)C)cc1. The number of carbonyl (C=O) groups is 1. The molecule has 168 valence electrons. The maximum atomic E-state index is 12.9. The van der Waals surface area contributed by atoms with Crippen molar-refractivity contribution in [1.82, 2.24) is 19.7 Å². The van der Waals surface area contributed by atoms with E-state index < -0.39 is 0 Å². The van der Waals surface area contributed by atoms with Crippen LogP contribution in [0, 0.1) is 0 Å². The summed E-state index contributed by atoms with van der Waals surface area (Å²) in [6, 6.07) is 18.0. The van der Waals surface area contributed by atoms with E-state index in [4.69, 9.17) is 0 Å². The van der Waals surface area contributed by atoms with Gasteiger partial charge in [0.05, 0.1) is 11.8 Å². The standard InChI is InChI=1S/C24H30N6OS/c1-18(23(31)25-19-11-13-20(14-12-19)28(2)3)32-24-27-26-22(17-29-15-7-8-16-29)30(24)21-9-5-4-6-10-21/h4-6,9-14,18H,7-8,15-17H2,1-3H3,(H,25,31). The molecular weight excluding hydrogens is 420 g/mol. The second-order valence-electron chi connectivity index (χ2n) is 8.24. The van der Waals surface area contributed by atoms with E-state index in [-0.39, 0.29) is 11.2 Å². The number of nitrogens with one attached hydrogen (secondary N) is 1. The van der Waals surface area contributed by atoms with Crippen LogP contribution in [0.2, 0.25) is 0 Å². The van der Waals surface area contributed by atoms with E-state index in [2.05, 4.69) is 37.1 Å². The number of para-hydroxylation sites is 1. The zero-order valence-electron chi connectivity index (χ0n) is 18.9. The lowest BCUT2D eigenvalue weighted by molar-refractivity contribution is -0.115. The lowest BCUT2D eigenvalue weighted by Gasteiger charge is -2.17. The Morgan fingerprint density at radius 3 is 2.41 bits per heavy atom. The van der Waals surface area contributed by atoms with Crippen LogP contribution in [0.4, 0.5) is 11.4 Å². The summed E-state index contributed by atoms with van der Waals surface area (Å²) in [6.07, 6.45) is 2.46. The van der Waals surface area contributed by atoms with Crippen molar-refractivity contribution in [2.24, 2.45) is 0 Å². The lowest BCUT2D eigenvalue weighted by atomic mass is 10.2. The number of rotatable bonds is 8. The van der Waals surface area contributed by atoms with Gasteiger partial charge in [0.1, 0.15) is 0 Å². The fourth-order valence-electron chi connectivity index (χ4n) is 3.75. The van der Waals surface area contributed by atoms with Crippen LogP contribution in [0.3, 0.4) is 0 Å². The lowest BCUT2D eigenvalue weighted by Crippen LogP contribution is -2.23. The number of thioether (sulfide) groups is 1. The smallest absolute Gasteiger partial charge is 0.237 e. The van der Waals surface area contributed by atoms with Gasteiger partial charge >= 0.3 is 0 Å². The van der Waals surface area contributed by atoms with Crippen LogP contribution < -0.4 is 10.2 Å². The number of amides is 1. The molecule has 0 bridgehead atoms. The molecule has 1 atom stereocenters. The van der Waals surface area contributed by atoms with Gasteiger partial charge < -0.3 is 10.2 Å². The third-order valence-electron chi connectivity index (χ3n) is 5.58. The minimum absolute atomic E-state index is 0.0590. The summed E-state index contributed by atoms with van der Waals surface area (Å²) in [5.41, 5.74) is 2.89. The second-order valence-corrected chi connectivity index (χ2v) is 9.55. The molecule has 1 aliphatic rings. The highest BCUT2D eigenvalue weighted by molar-refractivity contribution is 8.00. The van der Waals surface area contributed by atoms with E-state index in [0.29, 0.717) is 0 Å². The molecule has 0 aliphatic carbocycles. The Hall–Kier alpha value is -2.84. The third kappa shape index (κ3) is 5.31. The number of aromatic nitrogens is 3. The summed E-state index contributed by atoms with van der Waals surface area (Å²) in [5.74, 6) is 0.851. The maximum Gasteiger partial charge on any atom is 0.237 e. The molecule has 1 saturated heterocycles. The van der Waals surface area contributed by atoms with Crippen molar-refractivity contribution in [2.75, 3.05) is 37.4 Å². The first-order chi connectivity index (χ1) is 15.5. The highest BCUT2D eigenvalue weighted by Crippen LogP contribution is 2.27. The molecule has 1 N–H and O–H groups in total. The number of hydrogen-bond donors (Lipinski definition) is 1. The molecule has 4 rings (SSSR count). The van der Waals surface area contributed by atoms with Crippen LogP contribution in [-0.4, -0.2) is 58.0 Å². The first kappa shape index (κ1) is 22.4. The van der Waals surface area contributed by atoms with Gasteiger partial charge in [-0.05, 0) is 69.3 Å². The molecule has 1 unspecified atom stereocenters. The summed E-state index contributed by atoms with van der Waals surface area (Å²) >= 11 is 1.43. The largest absolute Gasteiger partial charge is 0.378 e. The van der Waals surface area contributed by atoms with Crippen molar-refractivity contribution < 1.29 is 4.79 Å². The first-order valence-electron chi connectivity index (χ1n) is 11.0. The Morgan fingerprint density at radius 1 is 1.06 bits per heavy atom. The zero-order valence-corrected chi connectivity index (χ0v) is 19.7. The Bertz CT molecular complexity index is 1030. The first-order valence-corrected chi connectivity index (χ1v) is 11.9. The summed E-state index contributed by atoms with van der Waals surface area (Å²) in [5, 5.41) is 12.4. The van der Waals surface area contributed by atoms with Gasteiger partial charge in [-0.2, -0.15) is 0 Å². The monoisotopic (exact) mass is 450 g/mol. The van der Waals surface area contributed by atoms with Crippen LogP contribution in [0.5, 0.6) is 0 Å². The van der Waals surface area contributed by atoms with E-state index in [9.17, 15) is 4.79 Å². The third-order valence-corrected chi connectivity index (χ3v) is 6.62. The molecule has 1 aromatic heterocycles. The molecule has 3 aromatic rings. The van der Waals surface area contributed by atoms with E-state index in [0.717, 1.165) is 47.7 Å². The highest BCUT2D eigenvalue weighted by atomic mass is 32.2. The van der Waals surface area contributed by atoms with Gasteiger partial charge in [-0.15, -0.1) is 10.2 Å². The number of carbonyl (C=O) groups excluding carboxylic acids is 1. The minimum atomic E-state index is -0.324. The number of likely N-dealkylation sites (tertiary alicyclic amines) is 1. The number of anilines is 2. The van der Waals surface area contributed by atoms with Crippen LogP contribution >= 0.6 is 11.8 Å². The molecule has 1 fully saturated rings. The normalized spacial score (nSPS) is 15.0. The molecular formula is C24H30N6OS. The molecule has 0 radical (unpaired) electrons. The summed E-state index contributed by atoms with van der Waals surface area (Å²) in [7, 11) is 3.99. The molecule has 0 spiro atoms. The van der Waals surface area contributed by atoms with Crippen molar-refractivity contribution in [1.29, 1.82) is 0 Å². The van der Waals surface area contributed by atoms with E-state index in [1.54, 1.807) is 0 Å². The quantitative estimate of drug-likeness (QED) is 0.523. The van der Waals surface area contributed by atoms with Crippen LogP contribution in [0.25, 0.3) is 5.69 Å². The molecule has 1 amide bonds. The van der Waals surface area contributed by atoms with E-state index >= 15 is 0 Å². The fraction of sp³-hybridized carbons (Fsp3) is 0.375. The predicted octanol–water partition coefficient (Wildman–Crippen LogP) is 4.05. The average molecular weight is 451 g/mol. The molecule has 0 saturated carbocycles. The van der Waals surface area contributed by atoms with Gasteiger partial charge in [0.2, 0.25) is 5.91 Å². The molecule has 2 heterocycles. The van der Waals surface area contributed by atoms with Crippen molar-refractivity contribution >= 4 is 29.0 Å². The summed E-state index contributed by atoms with van der Waals surface area (Å²) < 4.78 is 2.08. The Morgan fingerprint density at radius 2 is 1.75 bits per heavy atom. The number of nitrogens with zero attached hydrogens (tertiary/aromatic N) is 5. The Balaban J connectivity index is 1.49. The number of hydrogen-bond acceptors (Lipinski definition) is 6. The average Bonchev–Trinajstić information content (AvgIpc) is 3.45. The Kier molecular flexibility index (Phi) is 7.12. The van der Waals surface area contributed by atoms with Gasteiger partial charge in [-0.1, -0.05) is 30.0 Å². The number of benzene rings is 2. The molecule has 1 aliphatic heterocycles. The van der Waals surface area contributed by atoms with Gasteiger partial charge in [0.15, 0.2) is 11.0 Å². The highest BCUT2D eigenvalue weighted by Gasteiger charge is 2.23. The van der Waals surface area contributed by atoms with Crippen LogP contribution in [-0.2, 0) is 11.3 Å². The van der Waals surface area contributed by atoms with Crippen molar-refractivity contribution in [3.8, 4) is 5.69 Å². The minimum Gasteiger partial charge on any atom is -0.378 e. The van der Waals surface area contributed by atoms with Gasteiger partial charge in [0, 0.05) is 31.2 Å². The zero-order chi connectivity index (χ0) is 22.5. The second kappa shape index (κ2) is 10.2. The maximum absolute atomic E-state index is 12.9. The van der Waals surface area contributed by atoms with Gasteiger partial charge in [-0.25, -0.2) is 0 Å². The van der Waals surface area contributed by atoms with Crippen molar-refractivity contribution in [2.45, 2.75) is 36.7 Å². The van der Waals surface area contributed by atoms with Gasteiger partial charge in [0.25, 0.3) is 0 Å². The van der Waals surface area contributed by atoms with E-state index in [1.165, 1.54) is 24.6 Å². The van der Waals surface area contributed by atoms with Crippen LogP contribution in [0.1, 0.15) is 25.6 Å². The topological polar surface area (TPSA) is 66.3 Å². The fourth-order valence-corrected chi connectivity index (χ4v) is 4.64. The summed E-state index contributed by atoms with van der Waals surface area (Å²) in [4.78, 5) is 17.3. The molecule has 8 heteroatoms. The van der Waals surface area contributed by atoms with Crippen molar-refractivity contribution in [3.05, 3.63) is 60.4 Å². The van der Waals surface area contributed by atoms with E-state index in [1.807, 2.05) is 68.4 Å². The molecule has 2 aromatic carbocycles.